The Morgan fingerprint density at radius 2 is 1.89 bits per heavy atom. The summed E-state index contributed by atoms with van der Waals surface area (Å²) in [5.41, 5.74) is 2.44. The van der Waals surface area contributed by atoms with Crippen molar-refractivity contribution < 1.29 is 13.6 Å². The Kier molecular flexibility index (Phi) is 4.85. The molecule has 7 heteroatoms. The Hall–Kier alpha value is -2.44. The molecule has 0 bridgehead atoms. The van der Waals surface area contributed by atoms with Crippen LogP contribution in [0.1, 0.15) is 59.3 Å². The number of aromatic nitrogens is 2. The number of fused-ring (bicyclic) bond motifs is 1. The van der Waals surface area contributed by atoms with Crippen molar-refractivity contribution in [3.8, 4) is 0 Å². The van der Waals surface area contributed by atoms with Crippen molar-refractivity contribution in [3.63, 3.8) is 0 Å². The average Bonchev–Trinajstić information content (AvgIpc) is 3.11. The van der Waals surface area contributed by atoms with E-state index in [2.05, 4.69) is 10.4 Å². The predicted octanol–water partition coefficient (Wildman–Crippen LogP) is 4.18. The third kappa shape index (κ3) is 3.42. The number of nitrogens with zero attached hydrogens (tertiary/aromatic N) is 3. The van der Waals surface area contributed by atoms with Gasteiger partial charge in [0.15, 0.2) is 0 Å². The monoisotopic (exact) mass is 374 g/mol. The summed E-state index contributed by atoms with van der Waals surface area (Å²) in [6, 6.07) is 6.53. The molecule has 4 rings (SSSR count). The maximum Gasteiger partial charge on any atom is 0.260 e. The zero-order valence-corrected chi connectivity index (χ0v) is 15.4. The van der Waals surface area contributed by atoms with Gasteiger partial charge in [0.1, 0.15) is 17.4 Å². The summed E-state index contributed by atoms with van der Waals surface area (Å²) in [6.45, 7) is 3.41. The summed E-state index contributed by atoms with van der Waals surface area (Å²) in [4.78, 5) is 14.7. The van der Waals surface area contributed by atoms with E-state index in [1.54, 1.807) is 4.90 Å². The molecule has 2 aliphatic rings. The molecule has 0 radical (unpaired) electrons. The third-order valence-corrected chi connectivity index (χ3v) is 5.54. The van der Waals surface area contributed by atoms with Crippen LogP contribution >= 0.6 is 0 Å². The second kappa shape index (κ2) is 7.29. The number of anilines is 1. The number of rotatable bonds is 3. The number of halogens is 2. The molecule has 1 aromatic carbocycles. The van der Waals surface area contributed by atoms with E-state index >= 15 is 0 Å². The standard InChI is InChI=1S/C20H24F2N4O/c1-13-5-7-14(8-6-13)16-11-17(18(21)22)26-19(24-16)15(12-23-26)20(27)25-9-3-2-4-10-25/h5-8,12,16-18,24H,2-4,9-11H2,1H3. The van der Waals surface area contributed by atoms with Gasteiger partial charge in [-0.05, 0) is 38.2 Å². The number of amides is 1. The molecule has 27 heavy (non-hydrogen) atoms. The van der Waals surface area contributed by atoms with Crippen molar-refractivity contribution in [2.75, 3.05) is 18.4 Å². The summed E-state index contributed by atoms with van der Waals surface area (Å²) in [5.74, 6) is 0.286. The number of carbonyl (C=O) groups is 1. The van der Waals surface area contributed by atoms with Crippen LogP contribution in [0.3, 0.4) is 0 Å². The van der Waals surface area contributed by atoms with E-state index in [4.69, 9.17) is 0 Å². The van der Waals surface area contributed by atoms with Gasteiger partial charge in [-0.25, -0.2) is 13.5 Å². The van der Waals surface area contributed by atoms with Gasteiger partial charge in [-0.15, -0.1) is 0 Å². The minimum absolute atomic E-state index is 0.124. The molecule has 1 N–H and O–H groups in total. The fraction of sp³-hybridized carbons (Fsp3) is 0.500. The summed E-state index contributed by atoms with van der Waals surface area (Å²) < 4.78 is 28.8. The zero-order chi connectivity index (χ0) is 19.0. The molecular weight excluding hydrogens is 350 g/mol. The third-order valence-electron chi connectivity index (χ3n) is 5.54. The molecule has 2 atom stereocenters. The SMILES string of the molecule is Cc1ccc(C2CC(C(F)F)n3ncc(C(=O)N4CCCCC4)c3N2)cc1. The van der Waals surface area contributed by atoms with Gasteiger partial charge in [-0.2, -0.15) is 5.10 Å². The molecule has 0 saturated carbocycles. The Morgan fingerprint density at radius 1 is 1.19 bits per heavy atom. The van der Waals surface area contributed by atoms with Crippen LogP contribution in [0.15, 0.2) is 30.5 Å². The van der Waals surface area contributed by atoms with Gasteiger partial charge in [0, 0.05) is 13.1 Å². The first kappa shape index (κ1) is 17.9. The van der Waals surface area contributed by atoms with Crippen LogP contribution in [-0.2, 0) is 0 Å². The lowest BCUT2D eigenvalue weighted by molar-refractivity contribution is 0.0649. The first-order valence-electron chi connectivity index (χ1n) is 9.52. The fourth-order valence-corrected chi connectivity index (χ4v) is 3.97. The van der Waals surface area contributed by atoms with Gasteiger partial charge < -0.3 is 10.2 Å². The number of hydrogen-bond acceptors (Lipinski definition) is 3. The number of likely N-dealkylation sites (tertiary alicyclic amines) is 1. The molecule has 0 aliphatic carbocycles. The first-order chi connectivity index (χ1) is 13.0. The lowest BCUT2D eigenvalue weighted by atomic mass is 9.96. The lowest BCUT2D eigenvalue weighted by Crippen LogP contribution is -2.37. The fourth-order valence-electron chi connectivity index (χ4n) is 3.97. The first-order valence-corrected chi connectivity index (χ1v) is 9.52. The van der Waals surface area contributed by atoms with Gasteiger partial charge >= 0.3 is 0 Å². The quantitative estimate of drug-likeness (QED) is 0.877. The molecule has 144 valence electrons. The number of aryl methyl sites for hydroxylation is 1. The van der Waals surface area contributed by atoms with Gasteiger partial charge in [-0.3, -0.25) is 4.79 Å². The van der Waals surface area contributed by atoms with Crippen LogP contribution in [0.4, 0.5) is 14.6 Å². The molecule has 1 amide bonds. The molecule has 1 fully saturated rings. The second-order valence-electron chi connectivity index (χ2n) is 7.45. The second-order valence-corrected chi connectivity index (χ2v) is 7.45. The molecule has 2 aromatic rings. The van der Waals surface area contributed by atoms with Crippen LogP contribution in [0.25, 0.3) is 0 Å². The number of piperidine rings is 1. The Labute approximate surface area is 157 Å². The van der Waals surface area contributed by atoms with Crippen molar-refractivity contribution in [2.45, 2.75) is 51.1 Å². The number of hydrogen-bond donors (Lipinski definition) is 1. The number of nitrogens with one attached hydrogen (secondary N) is 1. The van der Waals surface area contributed by atoms with Crippen LogP contribution in [0.5, 0.6) is 0 Å². The highest BCUT2D eigenvalue weighted by Crippen LogP contribution is 2.39. The molecule has 2 unspecified atom stereocenters. The van der Waals surface area contributed by atoms with Crippen molar-refractivity contribution in [2.24, 2.45) is 0 Å². The van der Waals surface area contributed by atoms with E-state index in [0.717, 1.165) is 30.4 Å². The van der Waals surface area contributed by atoms with E-state index in [1.165, 1.54) is 10.9 Å². The van der Waals surface area contributed by atoms with Crippen LogP contribution in [-0.4, -0.2) is 40.1 Å². The van der Waals surface area contributed by atoms with Crippen molar-refractivity contribution >= 4 is 11.7 Å². The highest BCUT2D eigenvalue weighted by atomic mass is 19.3. The molecule has 1 saturated heterocycles. The summed E-state index contributed by atoms with van der Waals surface area (Å²) in [5, 5.41) is 7.45. The topological polar surface area (TPSA) is 50.2 Å². The Morgan fingerprint density at radius 3 is 2.56 bits per heavy atom. The van der Waals surface area contributed by atoms with Gasteiger partial charge in [0.2, 0.25) is 0 Å². The molecule has 1 aromatic heterocycles. The van der Waals surface area contributed by atoms with Gasteiger partial charge in [0.25, 0.3) is 12.3 Å². The summed E-state index contributed by atoms with van der Waals surface area (Å²) in [7, 11) is 0. The van der Waals surface area contributed by atoms with Gasteiger partial charge in [0.05, 0.1) is 12.2 Å². The normalized spacial score (nSPS) is 22.4. The highest BCUT2D eigenvalue weighted by molar-refractivity contribution is 5.99. The van der Waals surface area contributed by atoms with Crippen molar-refractivity contribution in [3.05, 3.63) is 47.2 Å². The maximum atomic E-state index is 13.7. The van der Waals surface area contributed by atoms with Crippen LogP contribution in [0.2, 0.25) is 0 Å². The molecule has 3 heterocycles. The molecular formula is C20H24F2N4O. The average molecular weight is 374 g/mol. The largest absolute Gasteiger partial charge is 0.363 e. The van der Waals surface area contributed by atoms with E-state index in [0.29, 0.717) is 24.5 Å². The van der Waals surface area contributed by atoms with Crippen LogP contribution in [0, 0.1) is 6.92 Å². The van der Waals surface area contributed by atoms with Crippen LogP contribution < -0.4 is 5.32 Å². The molecule has 5 nitrogen and oxygen atoms in total. The highest BCUT2D eigenvalue weighted by Gasteiger charge is 2.37. The van der Waals surface area contributed by atoms with E-state index in [9.17, 15) is 13.6 Å². The van der Waals surface area contributed by atoms with E-state index in [-0.39, 0.29) is 18.4 Å². The molecule has 0 spiro atoms. The maximum absolute atomic E-state index is 13.7. The number of alkyl halides is 2. The smallest absolute Gasteiger partial charge is 0.260 e. The Balaban J connectivity index is 1.67. The number of carbonyl (C=O) groups excluding carboxylic acids is 1. The Bertz CT molecular complexity index is 812. The predicted molar refractivity (Wildman–Crippen MR) is 99.2 cm³/mol. The lowest BCUT2D eigenvalue weighted by Gasteiger charge is -2.33. The van der Waals surface area contributed by atoms with E-state index in [1.807, 2.05) is 31.2 Å². The molecule has 2 aliphatic heterocycles. The minimum Gasteiger partial charge on any atom is -0.363 e. The van der Waals surface area contributed by atoms with Crippen molar-refractivity contribution in [1.29, 1.82) is 0 Å². The number of benzene rings is 1. The summed E-state index contributed by atoms with van der Waals surface area (Å²) >= 11 is 0. The van der Waals surface area contributed by atoms with Gasteiger partial charge in [-0.1, -0.05) is 29.8 Å². The zero-order valence-electron chi connectivity index (χ0n) is 15.4. The van der Waals surface area contributed by atoms with E-state index < -0.39 is 12.5 Å². The summed E-state index contributed by atoms with van der Waals surface area (Å²) in [6.07, 6.45) is 2.20. The van der Waals surface area contributed by atoms with Crippen molar-refractivity contribution in [1.82, 2.24) is 14.7 Å². The minimum atomic E-state index is -2.54.